The summed E-state index contributed by atoms with van der Waals surface area (Å²) >= 11 is 0. The zero-order valence-corrected chi connectivity index (χ0v) is 8.04. The van der Waals surface area contributed by atoms with Gasteiger partial charge in [0.05, 0.1) is 6.21 Å². The first-order valence-electron chi connectivity index (χ1n) is 4.58. The first kappa shape index (κ1) is 9.40. The van der Waals surface area contributed by atoms with Gasteiger partial charge in [-0.25, -0.2) is 0 Å². The molecule has 0 aliphatic carbocycles. The van der Waals surface area contributed by atoms with Crippen LogP contribution in [0.25, 0.3) is 11.1 Å². The molecule has 74 valence electrons. The molecule has 2 aromatic rings. The highest BCUT2D eigenvalue weighted by atomic mass is 16.4. The predicted molar refractivity (Wildman–Crippen MR) is 59.1 cm³/mol. The van der Waals surface area contributed by atoms with E-state index in [0.29, 0.717) is 0 Å². The average Bonchev–Trinajstić information content (AvgIpc) is 2.31. The lowest BCUT2D eigenvalue weighted by Gasteiger charge is -2.03. The number of nitrogens with zero attached hydrogens (tertiary/aromatic N) is 2. The Kier molecular flexibility index (Phi) is 2.74. The molecule has 2 rings (SSSR count). The van der Waals surface area contributed by atoms with E-state index in [9.17, 15) is 0 Å². The maximum atomic E-state index is 8.53. The van der Waals surface area contributed by atoms with Gasteiger partial charge in [-0.05, 0) is 17.2 Å². The number of pyridine rings is 1. The molecule has 0 atom stereocenters. The van der Waals surface area contributed by atoms with Gasteiger partial charge < -0.3 is 5.21 Å². The first-order chi connectivity index (χ1) is 7.42. The van der Waals surface area contributed by atoms with Gasteiger partial charge in [0.25, 0.3) is 0 Å². The van der Waals surface area contributed by atoms with E-state index >= 15 is 0 Å². The van der Waals surface area contributed by atoms with Crippen LogP contribution in [0.1, 0.15) is 5.56 Å². The maximum absolute atomic E-state index is 8.53. The van der Waals surface area contributed by atoms with Crippen molar-refractivity contribution in [2.45, 2.75) is 0 Å². The van der Waals surface area contributed by atoms with Crippen molar-refractivity contribution in [3.63, 3.8) is 0 Å². The second-order valence-corrected chi connectivity index (χ2v) is 3.07. The molecule has 0 aliphatic heterocycles. The lowest BCUT2D eigenvalue weighted by atomic mass is 10.0. The summed E-state index contributed by atoms with van der Waals surface area (Å²) in [7, 11) is 0. The van der Waals surface area contributed by atoms with Crippen molar-refractivity contribution in [2.75, 3.05) is 0 Å². The highest BCUT2D eigenvalue weighted by Gasteiger charge is 2.01. The Morgan fingerprint density at radius 1 is 1.13 bits per heavy atom. The molecule has 0 saturated carbocycles. The van der Waals surface area contributed by atoms with E-state index in [-0.39, 0.29) is 0 Å². The molecule has 3 nitrogen and oxygen atoms in total. The normalized spacial score (nSPS) is 10.7. The number of rotatable bonds is 2. The van der Waals surface area contributed by atoms with Gasteiger partial charge in [0, 0.05) is 18.0 Å². The molecule has 0 unspecified atom stereocenters. The van der Waals surface area contributed by atoms with Crippen LogP contribution in [0.3, 0.4) is 0 Å². The van der Waals surface area contributed by atoms with Gasteiger partial charge in [-0.2, -0.15) is 0 Å². The van der Waals surface area contributed by atoms with Gasteiger partial charge in [0.2, 0.25) is 0 Å². The van der Waals surface area contributed by atoms with Crippen LogP contribution < -0.4 is 0 Å². The summed E-state index contributed by atoms with van der Waals surface area (Å²) in [6, 6.07) is 11.8. The molecule has 1 N–H and O–H groups in total. The number of oxime groups is 1. The fourth-order valence-electron chi connectivity index (χ4n) is 1.45. The molecule has 1 heterocycles. The Bertz CT molecular complexity index is 466. The quantitative estimate of drug-likeness (QED) is 0.458. The fraction of sp³-hybridized carbons (Fsp3) is 0. The molecule has 0 amide bonds. The fourth-order valence-corrected chi connectivity index (χ4v) is 1.45. The van der Waals surface area contributed by atoms with Crippen molar-refractivity contribution in [2.24, 2.45) is 5.16 Å². The van der Waals surface area contributed by atoms with Crippen molar-refractivity contribution >= 4 is 6.21 Å². The molecule has 0 radical (unpaired) electrons. The highest BCUT2D eigenvalue weighted by Crippen LogP contribution is 2.20. The van der Waals surface area contributed by atoms with E-state index in [1.54, 1.807) is 12.4 Å². The Morgan fingerprint density at radius 2 is 1.93 bits per heavy atom. The van der Waals surface area contributed by atoms with E-state index in [4.69, 9.17) is 5.21 Å². The highest BCUT2D eigenvalue weighted by molar-refractivity contribution is 5.89. The summed E-state index contributed by atoms with van der Waals surface area (Å²) < 4.78 is 0. The number of hydrogen-bond acceptors (Lipinski definition) is 3. The first-order valence-corrected chi connectivity index (χ1v) is 4.58. The van der Waals surface area contributed by atoms with Gasteiger partial charge in [0.1, 0.15) is 0 Å². The summed E-state index contributed by atoms with van der Waals surface area (Å²) in [4.78, 5) is 3.99. The SMILES string of the molecule is ON=Cc1cnccc1-c1ccccc1. The molecule has 0 saturated heterocycles. The molecular weight excluding hydrogens is 188 g/mol. The number of aromatic nitrogens is 1. The summed E-state index contributed by atoms with van der Waals surface area (Å²) in [5.74, 6) is 0. The third kappa shape index (κ3) is 2.02. The Hall–Kier alpha value is -2.16. The number of hydrogen-bond donors (Lipinski definition) is 1. The monoisotopic (exact) mass is 198 g/mol. The van der Waals surface area contributed by atoms with Gasteiger partial charge in [-0.15, -0.1) is 0 Å². The summed E-state index contributed by atoms with van der Waals surface area (Å²) in [6.07, 6.45) is 4.77. The lowest BCUT2D eigenvalue weighted by Crippen LogP contribution is -1.89. The van der Waals surface area contributed by atoms with Crippen molar-refractivity contribution in [1.29, 1.82) is 0 Å². The minimum Gasteiger partial charge on any atom is -0.411 e. The molecule has 0 bridgehead atoms. The smallest absolute Gasteiger partial charge is 0.0755 e. The summed E-state index contributed by atoms with van der Waals surface area (Å²) in [5, 5.41) is 11.6. The van der Waals surface area contributed by atoms with Crippen LogP contribution in [0.15, 0.2) is 53.9 Å². The molecule has 1 aromatic carbocycles. The zero-order valence-electron chi connectivity index (χ0n) is 8.04. The summed E-state index contributed by atoms with van der Waals surface area (Å²) in [6.45, 7) is 0. The largest absolute Gasteiger partial charge is 0.411 e. The maximum Gasteiger partial charge on any atom is 0.0755 e. The van der Waals surface area contributed by atoms with Crippen LogP contribution in [0.4, 0.5) is 0 Å². The summed E-state index contributed by atoms with van der Waals surface area (Å²) in [5.41, 5.74) is 2.88. The van der Waals surface area contributed by atoms with Crippen LogP contribution >= 0.6 is 0 Å². The van der Waals surface area contributed by atoms with Gasteiger partial charge in [-0.1, -0.05) is 35.5 Å². The molecular formula is C12H10N2O. The van der Waals surface area contributed by atoms with Crippen LogP contribution in [0, 0.1) is 0 Å². The number of benzene rings is 1. The zero-order chi connectivity index (χ0) is 10.5. The van der Waals surface area contributed by atoms with E-state index in [0.717, 1.165) is 16.7 Å². The van der Waals surface area contributed by atoms with Crippen LogP contribution in [-0.2, 0) is 0 Å². The Labute approximate surface area is 87.7 Å². The Morgan fingerprint density at radius 3 is 2.67 bits per heavy atom. The molecule has 0 spiro atoms. The lowest BCUT2D eigenvalue weighted by molar-refractivity contribution is 0.322. The molecule has 0 fully saturated rings. The van der Waals surface area contributed by atoms with Crippen molar-refractivity contribution < 1.29 is 5.21 Å². The van der Waals surface area contributed by atoms with Gasteiger partial charge in [-0.3, -0.25) is 4.98 Å². The topological polar surface area (TPSA) is 45.5 Å². The standard InChI is InChI=1S/C12H10N2O/c15-14-9-11-8-13-7-6-12(11)10-4-2-1-3-5-10/h1-9,15H. The molecule has 3 heteroatoms. The van der Waals surface area contributed by atoms with Gasteiger partial charge >= 0.3 is 0 Å². The van der Waals surface area contributed by atoms with Crippen LogP contribution in [0.2, 0.25) is 0 Å². The van der Waals surface area contributed by atoms with E-state index < -0.39 is 0 Å². The third-order valence-electron chi connectivity index (χ3n) is 2.13. The molecule has 1 aromatic heterocycles. The minimum atomic E-state index is 0.797. The molecule has 15 heavy (non-hydrogen) atoms. The predicted octanol–water partition coefficient (Wildman–Crippen LogP) is 2.56. The van der Waals surface area contributed by atoms with Crippen molar-refractivity contribution in [1.82, 2.24) is 4.98 Å². The third-order valence-corrected chi connectivity index (χ3v) is 2.13. The molecule has 0 aliphatic rings. The average molecular weight is 198 g/mol. The van der Waals surface area contributed by atoms with Crippen LogP contribution in [-0.4, -0.2) is 16.4 Å². The second kappa shape index (κ2) is 4.37. The minimum absolute atomic E-state index is 0.797. The Balaban J connectivity index is 2.53. The second-order valence-electron chi connectivity index (χ2n) is 3.07. The van der Waals surface area contributed by atoms with Crippen molar-refractivity contribution in [3.05, 3.63) is 54.4 Å². The van der Waals surface area contributed by atoms with E-state index in [1.807, 2.05) is 36.4 Å². The van der Waals surface area contributed by atoms with Gasteiger partial charge in [0.15, 0.2) is 0 Å². The van der Waals surface area contributed by atoms with E-state index in [1.165, 1.54) is 6.21 Å². The van der Waals surface area contributed by atoms with Crippen molar-refractivity contribution in [3.8, 4) is 11.1 Å². The van der Waals surface area contributed by atoms with Crippen LogP contribution in [0.5, 0.6) is 0 Å². The van der Waals surface area contributed by atoms with E-state index in [2.05, 4.69) is 10.1 Å².